The first-order chi connectivity index (χ1) is 12.7. The molecule has 0 aliphatic carbocycles. The third kappa shape index (κ3) is 3.89. The van der Waals surface area contributed by atoms with Gasteiger partial charge in [0.25, 0.3) is 0 Å². The molecular formula is C21H27N3O2. The van der Waals surface area contributed by atoms with E-state index in [9.17, 15) is 4.79 Å². The van der Waals surface area contributed by atoms with Gasteiger partial charge in [-0.1, -0.05) is 24.3 Å². The van der Waals surface area contributed by atoms with Crippen molar-refractivity contribution in [2.45, 2.75) is 38.4 Å². The minimum Gasteiger partial charge on any atom is -0.373 e. The van der Waals surface area contributed by atoms with Crippen LogP contribution in [0.1, 0.15) is 25.5 Å². The molecule has 1 aromatic heterocycles. The summed E-state index contributed by atoms with van der Waals surface area (Å²) >= 11 is 0. The standard InChI is InChI=1S/C21H27N3O2/c1-16(25)24-12-10-23(11-13-24)15-19-7-6-18(26-19)14-21-20-5-3-2-4-17(20)8-9-22-21/h2-5,8-9,18-19H,6-7,10-15H2,1H3/t18-,19+/m0/s1. The highest BCUT2D eigenvalue weighted by Crippen LogP contribution is 2.26. The van der Waals surface area contributed by atoms with Gasteiger partial charge < -0.3 is 9.64 Å². The Balaban J connectivity index is 1.31. The van der Waals surface area contributed by atoms with E-state index in [-0.39, 0.29) is 12.0 Å². The zero-order chi connectivity index (χ0) is 17.9. The summed E-state index contributed by atoms with van der Waals surface area (Å²) in [7, 11) is 0. The number of hydrogen-bond donors (Lipinski definition) is 0. The predicted molar refractivity (Wildman–Crippen MR) is 102 cm³/mol. The van der Waals surface area contributed by atoms with Crippen molar-refractivity contribution in [2.24, 2.45) is 0 Å². The number of fused-ring (bicyclic) bond motifs is 1. The number of pyridine rings is 1. The van der Waals surface area contributed by atoms with E-state index in [4.69, 9.17) is 4.74 Å². The molecule has 138 valence electrons. The number of amides is 1. The SMILES string of the molecule is CC(=O)N1CCN(C[C@H]2CC[C@@H](Cc3nccc4ccccc34)O2)CC1. The van der Waals surface area contributed by atoms with Crippen LogP contribution in [-0.2, 0) is 16.0 Å². The third-order valence-electron chi connectivity index (χ3n) is 5.65. The summed E-state index contributed by atoms with van der Waals surface area (Å²) < 4.78 is 6.33. The molecule has 3 heterocycles. The highest BCUT2D eigenvalue weighted by molar-refractivity contribution is 5.84. The van der Waals surface area contributed by atoms with Crippen molar-refractivity contribution in [3.8, 4) is 0 Å². The van der Waals surface area contributed by atoms with Gasteiger partial charge in [-0.05, 0) is 24.3 Å². The van der Waals surface area contributed by atoms with Gasteiger partial charge >= 0.3 is 0 Å². The van der Waals surface area contributed by atoms with Gasteiger partial charge in [-0.2, -0.15) is 0 Å². The van der Waals surface area contributed by atoms with Gasteiger partial charge in [-0.25, -0.2) is 0 Å². The molecule has 2 fully saturated rings. The predicted octanol–water partition coefficient (Wildman–Crippen LogP) is 2.49. The Labute approximate surface area is 154 Å². The first-order valence-corrected chi connectivity index (χ1v) is 9.65. The van der Waals surface area contributed by atoms with Gasteiger partial charge in [0.2, 0.25) is 5.91 Å². The van der Waals surface area contributed by atoms with Crippen molar-refractivity contribution < 1.29 is 9.53 Å². The van der Waals surface area contributed by atoms with Crippen LogP contribution in [0.3, 0.4) is 0 Å². The zero-order valence-electron chi connectivity index (χ0n) is 15.4. The Morgan fingerprint density at radius 3 is 2.69 bits per heavy atom. The van der Waals surface area contributed by atoms with Crippen LogP contribution >= 0.6 is 0 Å². The van der Waals surface area contributed by atoms with Crippen LogP contribution in [0.25, 0.3) is 10.8 Å². The number of hydrogen-bond acceptors (Lipinski definition) is 4. The first-order valence-electron chi connectivity index (χ1n) is 9.65. The molecular weight excluding hydrogens is 326 g/mol. The maximum atomic E-state index is 11.4. The van der Waals surface area contributed by atoms with E-state index in [2.05, 4.69) is 40.2 Å². The summed E-state index contributed by atoms with van der Waals surface area (Å²) in [5, 5.41) is 2.48. The number of nitrogens with zero attached hydrogens (tertiary/aromatic N) is 3. The second kappa shape index (κ2) is 7.72. The number of carbonyl (C=O) groups excluding carboxylic acids is 1. The molecule has 1 aromatic carbocycles. The van der Waals surface area contributed by atoms with Crippen LogP contribution in [0.5, 0.6) is 0 Å². The molecule has 5 heteroatoms. The molecule has 4 rings (SSSR count). The van der Waals surface area contributed by atoms with Gasteiger partial charge in [0.15, 0.2) is 0 Å². The summed E-state index contributed by atoms with van der Waals surface area (Å²) in [5.41, 5.74) is 1.14. The smallest absolute Gasteiger partial charge is 0.219 e. The van der Waals surface area contributed by atoms with E-state index in [1.54, 1.807) is 6.92 Å². The van der Waals surface area contributed by atoms with E-state index in [1.807, 2.05) is 11.1 Å². The minimum atomic E-state index is 0.185. The molecule has 0 N–H and O–H groups in total. The van der Waals surface area contributed by atoms with E-state index < -0.39 is 0 Å². The molecule has 1 amide bonds. The Morgan fingerprint density at radius 1 is 1.12 bits per heavy atom. The summed E-state index contributed by atoms with van der Waals surface area (Å²) in [6.07, 6.45) is 5.57. The van der Waals surface area contributed by atoms with Crippen LogP contribution < -0.4 is 0 Å². The van der Waals surface area contributed by atoms with Gasteiger partial charge in [0, 0.05) is 57.7 Å². The van der Waals surface area contributed by atoms with Crippen molar-refractivity contribution in [1.82, 2.24) is 14.8 Å². The topological polar surface area (TPSA) is 45.7 Å². The van der Waals surface area contributed by atoms with E-state index >= 15 is 0 Å². The van der Waals surface area contributed by atoms with Gasteiger partial charge in [0.1, 0.15) is 0 Å². The molecule has 2 aromatic rings. The van der Waals surface area contributed by atoms with Crippen LogP contribution in [0.4, 0.5) is 0 Å². The average Bonchev–Trinajstić information content (AvgIpc) is 3.09. The maximum absolute atomic E-state index is 11.4. The molecule has 0 bridgehead atoms. The number of rotatable bonds is 4. The van der Waals surface area contributed by atoms with Crippen LogP contribution in [-0.4, -0.2) is 65.6 Å². The van der Waals surface area contributed by atoms with Crippen molar-refractivity contribution >= 4 is 16.7 Å². The third-order valence-corrected chi connectivity index (χ3v) is 5.65. The molecule has 0 unspecified atom stereocenters. The maximum Gasteiger partial charge on any atom is 0.219 e. The number of carbonyl (C=O) groups is 1. The summed E-state index contributed by atoms with van der Waals surface area (Å²) in [5.74, 6) is 0.185. The van der Waals surface area contributed by atoms with Crippen molar-refractivity contribution in [2.75, 3.05) is 32.7 Å². The Hall–Kier alpha value is -1.98. The monoisotopic (exact) mass is 353 g/mol. The van der Waals surface area contributed by atoms with Crippen molar-refractivity contribution in [3.63, 3.8) is 0 Å². The normalized spacial score (nSPS) is 24.3. The quantitative estimate of drug-likeness (QED) is 0.847. The fourth-order valence-electron chi connectivity index (χ4n) is 4.16. The molecule has 2 atom stereocenters. The highest BCUT2D eigenvalue weighted by atomic mass is 16.5. The molecule has 0 saturated carbocycles. The minimum absolute atomic E-state index is 0.185. The lowest BCUT2D eigenvalue weighted by molar-refractivity contribution is -0.130. The fraction of sp³-hybridized carbons (Fsp3) is 0.524. The largest absolute Gasteiger partial charge is 0.373 e. The molecule has 0 radical (unpaired) electrons. The van der Waals surface area contributed by atoms with Crippen LogP contribution in [0.2, 0.25) is 0 Å². The van der Waals surface area contributed by atoms with Gasteiger partial charge in [-0.3, -0.25) is 14.7 Å². The second-order valence-corrected chi connectivity index (χ2v) is 7.45. The molecule has 2 saturated heterocycles. The average molecular weight is 353 g/mol. The van der Waals surface area contributed by atoms with E-state index in [1.165, 1.54) is 10.8 Å². The van der Waals surface area contributed by atoms with E-state index in [0.717, 1.165) is 57.7 Å². The molecule has 0 spiro atoms. The van der Waals surface area contributed by atoms with Crippen LogP contribution in [0, 0.1) is 0 Å². The second-order valence-electron chi connectivity index (χ2n) is 7.45. The molecule has 2 aliphatic rings. The van der Waals surface area contributed by atoms with Crippen molar-refractivity contribution in [1.29, 1.82) is 0 Å². The Kier molecular flexibility index (Phi) is 5.18. The Morgan fingerprint density at radius 2 is 1.88 bits per heavy atom. The molecule has 2 aliphatic heterocycles. The van der Waals surface area contributed by atoms with E-state index in [0.29, 0.717) is 6.10 Å². The number of piperazine rings is 1. The van der Waals surface area contributed by atoms with Gasteiger partial charge in [0.05, 0.1) is 17.9 Å². The van der Waals surface area contributed by atoms with Gasteiger partial charge in [-0.15, -0.1) is 0 Å². The first kappa shape index (κ1) is 17.4. The Bertz CT molecular complexity index is 765. The fourth-order valence-corrected chi connectivity index (χ4v) is 4.16. The molecule has 5 nitrogen and oxygen atoms in total. The highest BCUT2D eigenvalue weighted by Gasteiger charge is 2.29. The zero-order valence-corrected chi connectivity index (χ0v) is 15.4. The number of aromatic nitrogens is 1. The lowest BCUT2D eigenvalue weighted by atomic mass is 10.0. The summed E-state index contributed by atoms with van der Waals surface area (Å²) in [4.78, 5) is 20.4. The number of benzene rings is 1. The number of ether oxygens (including phenoxy) is 1. The lowest BCUT2D eigenvalue weighted by Crippen LogP contribution is -2.49. The summed E-state index contributed by atoms with van der Waals surface area (Å²) in [6, 6.07) is 10.5. The molecule has 26 heavy (non-hydrogen) atoms. The van der Waals surface area contributed by atoms with Crippen molar-refractivity contribution in [3.05, 3.63) is 42.2 Å². The lowest BCUT2D eigenvalue weighted by Gasteiger charge is -2.35. The van der Waals surface area contributed by atoms with Crippen LogP contribution in [0.15, 0.2) is 36.5 Å². The summed E-state index contributed by atoms with van der Waals surface area (Å²) in [6.45, 7) is 6.22.